The van der Waals surface area contributed by atoms with Crippen molar-refractivity contribution >= 4 is 34.3 Å². The zero-order valence-corrected chi connectivity index (χ0v) is 12.1. The van der Waals surface area contributed by atoms with E-state index in [0.29, 0.717) is 10.6 Å². The van der Waals surface area contributed by atoms with E-state index in [0.717, 1.165) is 16.0 Å². The molecule has 0 amide bonds. The van der Waals surface area contributed by atoms with Gasteiger partial charge in [-0.25, -0.2) is 4.79 Å². The lowest BCUT2D eigenvalue weighted by Crippen LogP contribution is -1.97. The molecule has 4 heteroatoms. The van der Waals surface area contributed by atoms with Crippen LogP contribution in [0.2, 0.25) is 5.02 Å². The smallest absolute Gasteiger partial charge is 0.337 e. The third-order valence-corrected chi connectivity index (χ3v) is 4.27. The Kier molecular flexibility index (Phi) is 3.81. The van der Waals surface area contributed by atoms with Gasteiger partial charge < -0.3 is 4.42 Å². The first-order valence-corrected chi connectivity index (χ1v) is 7.49. The molecule has 0 aliphatic rings. The van der Waals surface area contributed by atoms with Crippen molar-refractivity contribution in [3.8, 4) is 0 Å². The van der Waals surface area contributed by atoms with Gasteiger partial charge in [-0.05, 0) is 23.8 Å². The Labute approximate surface area is 125 Å². The Balaban J connectivity index is 1.98. The molecule has 0 N–H and O–H groups in total. The van der Waals surface area contributed by atoms with Crippen LogP contribution in [-0.4, -0.2) is 0 Å². The Morgan fingerprint density at radius 1 is 1.05 bits per heavy atom. The maximum atomic E-state index is 11.6. The molecule has 0 unspecified atom stereocenters. The van der Waals surface area contributed by atoms with Crippen LogP contribution in [0.1, 0.15) is 5.56 Å². The summed E-state index contributed by atoms with van der Waals surface area (Å²) in [6.45, 7) is 0. The second-order valence-electron chi connectivity index (χ2n) is 4.34. The first-order valence-electron chi connectivity index (χ1n) is 6.12. The molecule has 0 saturated heterocycles. The van der Waals surface area contributed by atoms with Gasteiger partial charge in [0.05, 0.1) is 0 Å². The van der Waals surface area contributed by atoms with Crippen LogP contribution in [0.15, 0.2) is 68.7 Å². The van der Waals surface area contributed by atoms with Gasteiger partial charge in [0, 0.05) is 27.1 Å². The quantitative estimate of drug-likeness (QED) is 0.517. The van der Waals surface area contributed by atoms with Crippen molar-refractivity contribution < 1.29 is 4.42 Å². The Morgan fingerprint density at radius 2 is 1.85 bits per heavy atom. The second kappa shape index (κ2) is 5.73. The summed E-state index contributed by atoms with van der Waals surface area (Å²) in [4.78, 5) is 12.5. The average molecular weight is 303 g/mol. The molecule has 2 nitrogen and oxygen atoms in total. The van der Waals surface area contributed by atoms with Gasteiger partial charge in [-0.15, -0.1) is 11.8 Å². The highest BCUT2D eigenvalue weighted by molar-refractivity contribution is 7.98. The molecule has 0 fully saturated rings. The Hall–Kier alpha value is -1.71. The highest BCUT2D eigenvalue weighted by Gasteiger charge is 2.07. The van der Waals surface area contributed by atoms with Crippen molar-refractivity contribution in [1.82, 2.24) is 0 Å². The lowest BCUT2D eigenvalue weighted by molar-refractivity contribution is 0.557. The number of benzene rings is 2. The Bertz CT molecular complexity index is 796. The third-order valence-electron chi connectivity index (χ3n) is 2.90. The SMILES string of the molecule is O=c1cc(SCc2ccccc2)c2cc(Cl)ccc2o1. The molecule has 0 aliphatic carbocycles. The molecule has 0 atom stereocenters. The summed E-state index contributed by atoms with van der Waals surface area (Å²) in [5, 5.41) is 1.51. The molecule has 0 bridgehead atoms. The molecule has 2 aromatic carbocycles. The summed E-state index contributed by atoms with van der Waals surface area (Å²) in [6, 6.07) is 16.9. The summed E-state index contributed by atoms with van der Waals surface area (Å²) in [6.07, 6.45) is 0. The maximum Gasteiger partial charge on any atom is 0.337 e. The lowest BCUT2D eigenvalue weighted by atomic mass is 10.2. The van der Waals surface area contributed by atoms with E-state index in [4.69, 9.17) is 16.0 Å². The second-order valence-corrected chi connectivity index (χ2v) is 5.80. The van der Waals surface area contributed by atoms with Crippen LogP contribution in [0.25, 0.3) is 11.0 Å². The molecule has 3 aromatic rings. The lowest BCUT2D eigenvalue weighted by Gasteiger charge is -2.05. The highest BCUT2D eigenvalue weighted by atomic mass is 35.5. The standard InChI is InChI=1S/C16H11ClO2S/c17-12-6-7-14-13(8-12)15(9-16(18)19-14)20-10-11-4-2-1-3-5-11/h1-9H,10H2. The predicted octanol–water partition coefficient (Wildman–Crippen LogP) is 4.74. The molecular formula is C16H11ClO2S. The number of rotatable bonds is 3. The van der Waals surface area contributed by atoms with Crippen molar-refractivity contribution in [2.75, 3.05) is 0 Å². The monoisotopic (exact) mass is 302 g/mol. The van der Waals surface area contributed by atoms with Gasteiger partial charge in [-0.2, -0.15) is 0 Å². The van der Waals surface area contributed by atoms with Crippen molar-refractivity contribution in [2.45, 2.75) is 10.6 Å². The van der Waals surface area contributed by atoms with E-state index >= 15 is 0 Å². The van der Waals surface area contributed by atoms with E-state index in [9.17, 15) is 4.79 Å². The fourth-order valence-electron chi connectivity index (χ4n) is 1.96. The van der Waals surface area contributed by atoms with Crippen LogP contribution in [0, 0.1) is 0 Å². The van der Waals surface area contributed by atoms with Crippen LogP contribution in [0.3, 0.4) is 0 Å². The van der Waals surface area contributed by atoms with E-state index in [-0.39, 0.29) is 5.63 Å². The van der Waals surface area contributed by atoms with E-state index < -0.39 is 0 Å². The van der Waals surface area contributed by atoms with Crippen molar-refractivity contribution in [3.05, 3.63) is 75.6 Å². The van der Waals surface area contributed by atoms with Gasteiger partial charge in [0.25, 0.3) is 0 Å². The first kappa shape index (κ1) is 13.3. The summed E-state index contributed by atoms with van der Waals surface area (Å²) in [5.74, 6) is 0.798. The minimum Gasteiger partial charge on any atom is -0.423 e. The fraction of sp³-hybridized carbons (Fsp3) is 0.0625. The molecule has 3 rings (SSSR count). The van der Waals surface area contributed by atoms with Crippen LogP contribution in [-0.2, 0) is 5.75 Å². The zero-order chi connectivity index (χ0) is 13.9. The van der Waals surface area contributed by atoms with Gasteiger partial charge in [-0.1, -0.05) is 41.9 Å². The summed E-state index contributed by atoms with van der Waals surface area (Å²) >= 11 is 7.63. The minimum atomic E-state index is -0.338. The van der Waals surface area contributed by atoms with Crippen molar-refractivity contribution in [1.29, 1.82) is 0 Å². The fourth-order valence-corrected chi connectivity index (χ4v) is 3.14. The van der Waals surface area contributed by atoms with E-state index in [1.165, 1.54) is 11.6 Å². The molecule has 1 aromatic heterocycles. The average Bonchev–Trinajstić information content (AvgIpc) is 2.46. The molecule has 0 spiro atoms. The van der Waals surface area contributed by atoms with Crippen molar-refractivity contribution in [3.63, 3.8) is 0 Å². The summed E-state index contributed by atoms with van der Waals surface area (Å²) < 4.78 is 5.18. The van der Waals surface area contributed by atoms with E-state index in [1.54, 1.807) is 23.9 Å². The van der Waals surface area contributed by atoms with E-state index in [2.05, 4.69) is 12.1 Å². The van der Waals surface area contributed by atoms with Gasteiger partial charge in [0.15, 0.2) is 0 Å². The normalized spacial score (nSPS) is 10.8. The first-order chi connectivity index (χ1) is 9.72. The zero-order valence-electron chi connectivity index (χ0n) is 10.5. The van der Waals surface area contributed by atoms with Crippen molar-refractivity contribution in [2.24, 2.45) is 0 Å². The molecular weight excluding hydrogens is 292 g/mol. The topological polar surface area (TPSA) is 30.2 Å². The van der Waals surface area contributed by atoms with Crippen LogP contribution >= 0.6 is 23.4 Å². The number of hydrogen-bond donors (Lipinski definition) is 0. The molecule has 0 aliphatic heterocycles. The number of hydrogen-bond acceptors (Lipinski definition) is 3. The van der Waals surface area contributed by atoms with Crippen LogP contribution < -0.4 is 5.63 Å². The number of thioether (sulfide) groups is 1. The highest BCUT2D eigenvalue weighted by Crippen LogP contribution is 2.30. The summed E-state index contributed by atoms with van der Waals surface area (Å²) in [7, 11) is 0. The van der Waals surface area contributed by atoms with Gasteiger partial charge in [0.2, 0.25) is 0 Å². The van der Waals surface area contributed by atoms with Gasteiger partial charge >= 0.3 is 5.63 Å². The van der Waals surface area contributed by atoms with Crippen LogP contribution in [0.5, 0.6) is 0 Å². The molecule has 100 valence electrons. The minimum absolute atomic E-state index is 0.338. The van der Waals surface area contributed by atoms with Gasteiger partial charge in [-0.3, -0.25) is 0 Å². The number of halogens is 1. The van der Waals surface area contributed by atoms with Crippen LogP contribution in [0.4, 0.5) is 0 Å². The molecule has 20 heavy (non-hydrogen) atoms. The molecule has 0 radical (unpaired) electrons. The van der Waals surface area contributed by atoms with E-state index in [1.807, 2.05) is 24.3 Å². The summed E-state index contributed by atoms with van der Waals surface area (Å²) in [5.41, 5.74) is 1.44. The maximum absolute atomic E-state index is 11.6. The van der Waals surface area contributed by atoms with Gasteiger partial charge in [0.1, 0.15) is 5.58 Å². The Morgan fingerprint density at radius 3 is 2.65 bits per heavy atom. The third kappa shape index (κ3) is 2.89. The molecule has 1 heterocycles. The number of fused-ring (bicyclic) bond motifs is 1. The largest absolute Gasteiger partial charge is 0.423 e. The molecule has 0 saturated carbocycles. The predicted molar refractivity (Wildman–Crippen MR) is 83.5 cm³/mol.